The Hall–Kier alpha value is -1.46. The summed E-state index contributed by atoms with van der Waals surface area (Å²) in [6.07, 6.45) is 2.82. The zero-order chi connectivity index (χ0) is 14.2. The smallest absolute Gasteiger partial charge is 0.237 e. The van der Waals surface area contributed by atoms with E-state index in [9.17, 15) is 4.79 Å². The minimum atomic E-state index is -0.00231. The third kappa shape index (κ3) is 5.81. The first kappa shape index (κ1) is 17.6. The van der Waals surface area contributed by atoms with Gasteiger partial charge in [0.2, 0.25) is 5.91 Å². The Morgan fingerprint density at radius 1 is 1.33 bits per heavy atom. The summed E-state index contributed by atoms with van der Waals surface area (Å²) in [5.41, 5.74) is 0. The summed E-state index contributed by atoms with van der Waals surface area (Å²) in [6, 6.07) is 7.48. The Morgan fingerprint density at radius 3 is 2.67 bits per heavy atom. The number of ether oxygens (including phenoxy) is 2. The van der Waals surface area contributed by atoms with Crippen LogP contribution < -0.4 is 20.1 Å². The predicted molar refractivity (Wildman–Crippen MR) is 84.4 cm³/mol. The van der Waals surface area contributed by atoms with Gasteiger partial charge in [-0.2, -0.15) is 0 Å². The Kier molecular flexibility index (Phi) is 7.93. The predicted octanol–water partition coefficient (Wildman–Crippen LogP) is 1.75. The minimum absolute atomic E-state index is 0. The van der Waals surface area contributed by atoms with Crippen molar-refractivity contribution in [3.05, 3.63) is 24.3 Å². The lowest BCUT2D eigenvalue weighted by Crippen LogP contribution is -2.40. The van der Waals surface area contributed by atoms with Crippen LogP contribution in [0.4, 0.5) is 0 Å². The van der Waals surface area contributed by atoms with E-state index in [0.29, 0.717) is 13.2 Å². The molecule has 118 valence electrons. The fourth-order valence-corrected chi connectivity index (χ4v) is 2.18. The molecule has 1 saturated heterocycles. The average molecular weight is 315 g/mol. The molecule has 0 spiro atoms. The second kappa shape index (κ2) is 9.47. The van der Waals surface area contributed by atoms with Crippen LogP contribution in [0.15, 0.2) is 24.3 Å². The van der Waals surface area contributed by atoms with Crippen LogP contribution >= 0.6 is 12.4 Å². The highest BCUT2D eigenvalue weighted by Gasteiger charge is 2.20. The molecule has 0 radical (unpaired) electrons. The zero-order valence-corrected chi connectivity index (χ0v) is 13.1. The highest BCUT2D eigenvalue weighted by Crippen LogP contribution is 2.16. The molecule has 0 aliphatic carbocycles. The van der Waals surface area contributed by atoms with Gasteiger partial charge in [0.05, 0.1) is 19.8 Å². The van der Waals surface area contributed by atoms with Gasteiger partial charge in [0.25, 0.3) is 0 Å². The van der Waals surface area contributed by atoms with E-state index in [1.54, 1.807) is 7.11 Å². The van der Waals surface area contributed by atoms with Crippen LogP contribution in [-0.2, 0) is 4.79 Å². The van der Waals surface area contributed by atoms with E-state index >= 15 is 0 Å². The fourth-order valence-electron chi connectivity index (χ4n) is 2.18. The average Bonchev–Trinajstić information content (AvgIpc) is 3.01. The summed E-state index contributed by atoms with van der Waals surface area (Å²) in [6.45, 7) is 2.18. The van der Waals surface area contributed by atoms with Gasteiger partial charge in [0, 0.05) is 6.54 Å². The number of benzene rings is 1. The van der Waals surface area contributed by atoms with E-state index in [4.69, 9.17) is 9.47 Å². The topological polar surface area (TPSA) is 59.6 Å². The number of hydrogen-bond donors (Lipinski definition) is 2. The van der Waals surface area contributed by atoms with E-state index in [0.717, 1.165) is 37.3 Å². The molecule has 0 aromatic heterocycles. The summed E-state index contributed by atoms with van der Waals surface area (Å²) in [5.74, 6) is 1.73. The molecule has 2 N–H and O–H groups in total. The van der Waals surface area contributed by atoms with Crippen molar-refractivity contribution in [2.75, 3.05) is 26.8 Å². The van der Waals surface area contributed by atoms with Gasteiger partial charge in [-0.3, -0.25) is 4.79 Å². The first-order valence-electron chi connectivity index (χ1n) is 7.07. The SMILES string of the molecule is COc1ccc(OCCCNC(=O)C2CCCN2)cc1.Cl. The van der Waals surface area contributed by atoms with Crippen LogP contribution in [0.1, 0.15) is 19.3 Å². The first-order valence-corrected chi connectivity index (χ1v) is 7.07. The van der Waals surface area contributed by atoms with Crippen molar-refractivity contribution in [3.8, 4) is 11.5 Å². The number of nitrogens with one attached hydrogen (secondary N) is 2. The summed E-state index contributed by atoms with van der Waals surface area (Å²) < 4.78 is 10.7. The molecule has 1 fully saturated rings. The Balaban J connectivity index is 0.00000220. The highest BCUT2D eigenvalue weighted by atomic mass is 35.5. The molecular formula is C15H23ClN2O3. The standard InChI is InChI=1S/C15H22N2O3.ClH/c1-19-12-5-7-13(8-6-12)20-11-3-10-17-15(18)14-4-2-9-16-14;/h5-8,14,16H,2-4,9-11H2,1H3,(H,17,18);1H. The lowest BCUT2D eigenvalue weighted by Gasteiger charge is -2.11. The van der Waals surface area contributed by atoms with Crippen LogP contribution in [0, 0.1) is 0 Å². The Morgan fingerprint density at radius 2 is 2.05 bits per heavy atom. The molecule has 2 rings (SSSR count). The second-order valence-electron chi connectivity index (χ2n) is 4.82. The summed E-state index contributed by atoms with van der Waals surface area (Å²) in [4.78, 5) is 11.7. The van der Waals surface area contributed by atoms with Gasteiger partial charge in [-0.05, 0) is 50.1 Å². The van der Waals surface area contributed by atoms with E-state index in [1.165, 1.54) is 0 Å². The highest BCUT2D eigenvalue weighted by molar-refractivity contribution is 5.85. The van der Waals surface area contributed by atoms with Gasteiger partial charge >= 0.3 is 0 Å². The van der Waals surface area contributed by atoms with E-state index in [1.807, 2.05) is 24.3 Å². The van der Waals surface area contributed by atoms with Crippen LogP contribution in [0.2, 0.25) is 0 Å². The first-order chi connectivity index (χ1) is 9.79. The van der Waals surface area contributed by atoms with Crippen molar-refractivity contribution in [3.63, 3.8) is 0 Å². The number of carbonyl (C=O) groups is 1. The van der Waals surface area contributed by atoms with Crippen LogP contribution in [0.3, 0.4) is 0 Å². The molecule has 1 heterocycles. The number of rotatable bonds is 7. The monoisotopic (exact) mass is 314 g/mol. The lowest BCUT2D eigenvalue weighted by atomic mass is 10.2. The van der Waals surface area contributed by atoms with Crippen LogP contribution in [0.5, 0.6) is 11.5 Å². The van der Waals surface area contributed by atoms with Gasteiger partial charge in [0.1, 0.15) is 11.5 Å². The molecule has 1 unspecified atom stereocenters. The molecule has 1 amide bonds. The van der Waals surface area contributed by atoms with Crippen molar-refractivity contribution in [1.29, 1.82) is 0 Å². The molecule has 0 saturated carbocycles. The molecule has 21 heavy (non-hydrogen) atoms. The number of carbonyl (C=O) groups excluding carboxylic acids is 1. The summed E-state index contributed by atoms with van der Waals surface area (Å²) >= 11 is 0. The van der Waals surface area contributed by atoms with E-state index in [2.05, 4.69) is 10.6 Å². The van der Waals surface area contributed by atoms with E-state index in [-0.39, 0.29) is 24.4 Å². The molecule has 6 heteroatoms. The number of hydrogen-bond acceptors (Lipinski definition) is 4. The maximum atomic E-state index is 11.7. The molecule has 5 nitrogen and oxygen atoms in total. The number of amides is 1. The Labute approximate surface area is 131 Å². The zero-order valence-electron chi connectivity index (χ0n) is 12.3. The molecule has 0 bridgehead atoms. The van der Waals surface area contributed by atoms with Gasteiger partial charge < -0.3 is 20.1 Å². The van der Waals surface area contributed by atoms with Crippen molar-refractivity contribution in [2.24, 2.45) is 0 Å². The third-order valence-corrected chi connectivity index (χ3v) is 3.33. The summed E-state index contributed by atoms with van der Waals surface area (Å²) in [7, 11) is 1.64. The molecule has 1 aromatic rings. The molecule has 1 aliphatic rings. The molecule has 1 atom stereocenters. The molecule has 1 aliphatic heterocycles. The van der Waals surface area contributed by atoms with Gasteiger partial charge in [0.15, 0.2) is 0 Å². The van der Waals surface area contributed by atoms with Crippen LogP contribution in [-0.4, -0.2) is 38.8 Å². The number of methoxy groups -OCH3 is 1. The van der Waals surface area contributed by atoms with Crippen molar-refractivity contribution < 1.29 is 14.3 Å². The normalized spacial score (nSPS) is 16.9. The van der Waals surface area contributed by atoms with Crippen molar-refractivity contribution >= 4 is 18.3 Å². The second-order valence-corrected chi connectivity index (χ2v) is 4.82. The largest absolute Gasteiger partial charge is 0.497 e. The lowest BCUT2D eigenvalue weighted by molar-refractivity contribution is -0.122. The van der Waals surface area contributed by atoms with E-state index < -0.39 is 0 Å². The Bertz CT molecular complexity index is 419. The van der Waals surface area contributed by atoms with Gasteiger partial charge in [-0.1, -0.05) is 0 Å². The molecule has 1 aromatic carbocycles. The van der Waals surface area contributed by atoms with Gasteiger partial charge in [-0.15, -0.1) is 12.4 Å². The molecular weight excluding hydrogens is 292 g/mol. The fraction of sp³-hybridized carbons (Fsp3) is 0.533. The quantitative estimate of drug-likeness (QED) is 0.753. The van der Waals surface area contributed by atoms with Gasteiger partial charge in [-0.25, -0.2) is 0 Å². The summed E-state index contributed by atoms with van der Waals surface area (Å²) in [5, 5.41) is 6.11. The maximum Gasteiger partial charge on any atom is 0.237 e. The third-order valence-electron chi connectivity index (χ3n) is 3.33. The number of halogens is 1. The minimum Gasteiger partial charge on any atom is -0.497 e. The van der Waals surface area contributed by atoms with Crippen molar-refractivity contribution in [2.45, 2.75) is 25.3 Å². The maximum absolute atomic E-state index is 11.7. The van der Waals surface area contributed by atoms with Crippen LogP contribution in [0.25, 0.3) is 0 Å². The van der Waals surface area contributed by atoms with Crippen molar-refractivity contribution in [1.82, 2.24) is 10.6 Å².